The van der Waals surface area contributed by atoms with Crippen LogP contribution in [0.5, 0.6) is 0 Å². The first-order valence-corrected chi connectivity index (χ1v) is 8.61. The monoisotopic (exact) mass is 330 g/mol. The third-order valence-corrected chi connectivity index (χ3v) is 5.06. The minimum Gasteiger partial charge on any atom is -0.326 e. The molecule has 5 nitrogen and oxygen atoms in total. The highest BCUT2D eigenvalue weighted by Gasteiger charge is 2.25. The summed E-state index contributed by atoms with van der Waals surface area (Å²) < 4.78 is 4.40. The number of carbonyl (C=O) groups is 1. The van der Waals surface area contributed by atoms with E-state index in [2.05, 4.69) is 26.3 Å². The number of hydrogen-bond donors (Lipinski definition) is 0. The molecule has 0 bridgehead atoms. The molecule has 0 amide bonds. The van der Waals surface area contributed by atoms with Crippen molar-refractivity contribution in [3.05, 3.63) is 48.2 Å². The zero-order valence-electron chi connectivity index (χ0n) is 14.0. The van der Waals surface area contributed by atoms with Crippen LogP contribution in [0.2, 0.25) is 0 Å². The molecule has 0 saturated heterocycles. The Morgan fingerprint density at radius 2 is 2.12 bits per heavy atom. The van der Waals surface area contributed by atoms with E-state index in [4.69, 9.17) is 4.98 Å². The van der Waals surface area contributed by atoms with E-state index in [-0.39, 0.29) is 0 Å². The van der Waals surface area contributed by atoms with E-state index < -0.39 is 0 Å². The summed E-state index contributed by atoms with van der Waals surface area (Å²) in [7, 11) is 2.03. The van der Waals surface area contributed by atoms with Gasteiger partial charge in [-0.15, -0.1) is 0 Å². The van der Waals surface area contributed by atoms with Gasteiger partial charge in [0.25, 0.3) is 0 Å². The summed E-state index contributed by atoms with van der Waals surface area (Å²) in [4.78, 5) is 20.5. The molecule has 0 unspecified atom stereocenters. The van der Waals surface area contributed by atoms with Crippen LogP contribution in [0, 0.1) is 5.92 Å². The molecular formula is C20H18N4O. The average Bonchev–Trinajstić information content (AvgIpc) is 3.31. The van der Waals surface area contributed by atoms with E-state index in [0.717, 1.165) is 52.3 Å². The summed E-state index contributed by atoms with van der Waals surface area (Å²) >= 11 is 0. The highest BCUT2D eigenvalue weighted by Crippen LogP contribution is 2.35. The minimum absolute atomic E-state index is 0.650. The fourth-order valence-electron chi connectivity index (χ4n) is 3.53. The Morgan fingerprint density at radius 1 is 1.24 bits per heavy atom. The summed E-state index contributed by atoms with van der Waals surface area (Å²) in [5.74, 6) is 1.66. The molecule has 1 aliphatic carbocycles. The van der Waals surface area contributed by atoms with Gasteiger partial charge in [-0.25, -0.2) is 9.97 Å². The van der Waals surface area contributed by atoms with Crippen molar-refractivity contribution >= 4 is 28.4 Å². The number of benzene rings is 1. The van der Waals surface area contributed by atoms with Crippen LogP contribution >= 0.6 is 0 Å². The van der Waals surface area contributed by atoms with Gasteiger partial charge in [-0.1, -0.05) is 0 Å². The summed E-state index contributed by atoms with van der Waals surface area (Å²) in [6.45, 7) is 0.985. The lowest BCUT2D eigenvalue weighted by Crippen LogP contribution is -2.05. The summed E-state index contributed by atoms with van der Waals surface area (Å²) in [6, 6.07) is 11.9. The van der Waals surface area contributed by atoms with E-state index in [1.807, 2.05) is 37.5 Å². The van der Waals surface area contributed by atoms with Gasteiger partial charge >= 0.3 is 0 Å². The second kappa shape index (κ2) is 5.28. The number of nitrogens with zero attached hydrogens (tertiary/aromatic N) is 4. The predicted octanol–water partition coefficient (Wildman–Crippen LogP) is 3.81. The average molecular weight is 330 g/mol. The fraction of sp³-hybridized carbons (Fsp3) is 0.250. The second-order valence-corrected chi connectivity index (χ2v) is 6.86. The van der Waals surface area contributed by atoms with Gasteiger partial charge in [0.05, 0.1) is 16.7 Å². The zero-order valence-corrected chi connectivity index (χ0v) is 14.0. The maximum atomic E-state index is 11.1. The normalized spacial score (nSPS) is 14.4. The number of rotatable bonds is 4. The lowest BCUT2D eigenvalue weighted by molar-refractivity contribution is 0.112. The highest BCUT2D eigenvalue weighted by atomic mass is 16.1. The SMILES string of the molecule is Cn1c(-c2cc3cccnc3n2CC2CC2)nc2cc(C=O)ccc21. The number of carbonyl (C=O) groups excluding carboxylic acids is 1. The van der Waals surface area contributed by atoms with E-state index in [9.17, 15) is 4.79 Å². The first-order valence-electron chi connectivity index (χ1n) is 8.61. The molecule has 0 radical (unpaired) electrons. The van der Waals surface area contributed by atoms with Crippen LogP contribution in [0.4, 0.5) is 0 Å². The molecule has 25 heavy (non-hydrogen) atoms. The molecular weight excluding hydrogens is 312 g/mol. The van der Waals surface area contributed by atoms with Crippen molar-refractivity contribution in [1.82, 2.24) is 19.1 Å². The maximum Gasteiger partial charge on any atom is 0.157 e. The third kappa shape index (κ3) is 2.27. The van der Waals surface area contributed by atoms with Crippen LogP contribution in [0.15, 0.2) is 42.6 Å². The second-order valence-electron chi connectivity index (χ2n) is 6.86. The standard InChI is InChI=1S/C20H18N4O/c1-23-17-7-6-14(12-25)9-16(17)22-20(23)18-10-15-3-2-8-21-19(15)24(18)11-13-4-5-13/h2-3,6-10,12-13H,4-5,11H2,1H3. The minimum atomic E-state index is 0.650. The van der Waals surface area contributed by atoms with Crippen molar-refractivity contribution < 1.29 is 4.79 Å². The van der Waals surface area contributed by atoms with Crippen molar-refractivity contribution in [2.24, 2.45) is 13.0 Å². The topological polar surface area (TPSA) is 52.7 Å². The van der Waals surface area contributed by atoms with Gasteiger partial charge < -0.3 is 9.13 Å². The van der Waals surface area contributed by atoms with Crippen LogP contribution in [0.3, 0.4) is 0 Å². The molecule has 1 saturated carbocycles. The van der Waals surface area contributed by atoms with Gasteiger partial charge in [-0.3, -0.25) is 4.79 Å². The van der Waals surface area contributed by atoms with Gasteiger partial charge in [0.1, 0.15) is 11.9 Å². The van der Waals surface area contributed by atoms with Gasteiger partial charge in [0, 0.05) is 30.7 Å². The number of hydrogen-bond acceptors (Lipinski definition) is 3. The molecule has 0 aliphatic heterocycles. The lowest BCUT2D eigenvalue weighted by atomic mass is 10.2. The van der Waals surface area contributed by atoms with Crippen molar-refractivity contribution in [1.29, 1.82) is 0 Å². The van der Waals surface area contributed by atoms with Gasteiger partial charge in [-0.2, -0.15) is 0 Å². The lowest BCUT2D eigenvalue weighted by Gasteiger charge is -2.09. The Morgan fingerprint density at radius 3 is 2.92 bits per heavy atom. The largest absolute Gasteiger partial charge is 0.326 e. The molecule has 0 N–H and O–H groups in total. The summed E-state index contributed by atoms with van der Waals surface area (Å²) in [5, 5.41) is 1.14. The number of imidazole rings is 1. The van der Waals surface area contributed by atoms with Gasteiger partial charge in [0.15, 0.2) is 5.82 Å². The summed E-state index contributed by atoms with van der Waals surface area (Å²) in [6.07, 6.45) is 5.29. The maximum absolute atomic E-state index is 11.1. The van der Waals surface area contributed by atoms with E-state index >= 15 is 0 Å². The Bertz CT molecular complexity index is 1120. The fourth-order valence-corrected chi connectivity index (χ4v) is 3.53. The number of aryl methyl sites for hydroxylation is 1. The van der Waals surface area contributed by atoms with Crippen LogP contribution < -0.4 is 0 Å². The number of pyridine rings is 1. The molecule has 124 valence electrons. The van der Waals surface area contributed by atoms with Gasteiger partial charge in [-0.05, 0) is 55.2 Å². The van der Waals surface area contributed by atoms with Crippen molar-refractivity contribution in [2.45, 2.75) is 19.4 Å². The Balaban J connectivity index is 1.76. The zero-order chi connectivity index (χ0) is 17.0. The predicted molar refractivity (Wildman–Crippen MR) is 97.6 cm³/mol. The van der Waals surface area contributed by atoms with E-state index in [1.54, 1.807) is 0 Å². The summed E-state index contributed by atoms with van der Waals surface area (Å²) in [5.41, 5.74) is 4.63. The molecule has 4 aromatic rings. The molecule has 0 spiro atoms. The molecule has 1 aliphatic rings. The molecule has 3 heterocycles. The third-order valence-electron chi connectivity index (χ3n) is 5.06. The molecule has 1 aromatic carbocycles. The highest BCUT2D eigenvalue weighted by molar-refractivity contribution is 5.89. The van der Waals surface area contributed by atoms with Gasteiger partial charge in [0.2, 0.25) is 0 Å². The Kier molecular flexibility index (Phi) is 3.04. The molecule has 1 fully saturated rings. The van der Waals surface area contributed by atoms with Crippen LogP contribution in [-0.2, 0) is 13.6 Å². The Hall–Kier alpha value is -2.95. The first-order chi connectivity index (χ1) is 12.2. The van der Waals surface area contributed by atoms with Crippen LogP contribution in [0.25, 0.3) is 33.6 Å². The van der Waals surface area contributed by atoms with Crippen molar-refractivity contribution in [3.63, 3.8) is 0 Å². The molecule has 3 aromatic heterocycles. The smallest absolute Gasteiger partial charge is 0.157 e. The van der Waals surface area contributed by atoms with Crippen LogP contribution in [-0.4, -0.2) is 25.4 Å². The quantitative estimate of drug-likeness (QED) is 0.535. The van der Waals surface area contributed by atoms with Crippen LogP contribution in [0.1, 0.15) is 23.2 Å². The first kappa shape index (κ1) is 14.4. The molecule has 0 atom stereocenters. The number of fused-ring (bicyclic) bond motifs is 2. The molecule has 5 heteroatoms. The van der Waals surface area contributed by atoms with E-state index in [0.29, 0.717) is 5.56 Å². The Labute approximate surface area is 144 Å². The number of aromatic nitrogens is 4. The van der Waals surface area contributed by atoms with Crippen molar-refractivity contribution in [2.75, 3.05) is 0 Å². The van der Waals surface area contributed by atoms with Crippen molar-refractivity contribution in [3.8, 4) is 11.5 Å². The van der Waals surface area contributed by atoms with E-state index in [1.165, 1.54) is 12.8 Å². The number of aldehydes is 1. The molecule has 5 rings (SSSR count).